The Bertz CT molecular complexity index is 300. The Hall–Kier alpha value is -1.14. The van der Waals surface area contributed by atoms with Gasteiger partial charge in [-0.1, -0.05) is 20.8 Å². The van der Waals surface area contributed by atoms with E-state index in [1.54, 1.807) is 14.0 Å². The monoisotopic (exact) mass is 273 g/mol. The molecule has 19 heavy (non-hydrogen) atoms. The van der Waals surface area contributed by atoms with E-state index in [1.807, 2.05) is 20.8 Å². The van der Waals surface area contributed by atoms with E-state index in [4.69, 9.17) is 10.5 Å². The van der Waals surface area contributed by atoms with Gasteiger partial charge >= 0.3 is 0 Å². The lowest BCUT2D eigenvalue weighted by Gasteiger charge is -2.27. The van der Waals surface area contributed by atoms with Crippen LogP contribution in [-0.2, 0) is 14.3 Å². The van der Waals surface area contributed by atoms with Crippen LogP contribution in [0.2, 0.25) is 0 Å². The third kappa shape index (κ3) is 7.79. The molecule has 0 aromatic rings. The highest BCUT2D eigenvalue weighted by Crippen LogP contribution is 2.19. The molecule has 6 nitrogen and oxygen atoms in total. The van der Waals surface area contributed by atoms with Crippen LogP contribution >= 0.6 is 0 Å². The van der Waals surface area contributed by atoms with Crippen molar-refractivity contribution in [1.29, 1.82) is 0 Å². The first-order valence-electron chi connectivity index (χ1n) is 6.50. The lowest BCUT2D eigenvalue weighted by molar-refractivity contribution is -0.129. The van der Waals surface area contributed by atoms with Crippen LogP contribution in [0.15, 0.2) is 0 Å². The molecule has 0 bridgehead atoms. The fourth-order valence-corrected chi connectivity index (χ4v) is 1.30. The number of ether oxygens (including phenoxy) is 1. The van der Waals surface area contributed by atoms with Crippen molar-refractivity contribution in [3.63, 3.8) is 0 Å². The van der Waals surface area contributed by atoms with Crippen molar-refractivity contribution in [3.8, 4) is 0 Å². The molecule has 0 aromatic heterocycles. The van der Waals surface area contributed by atoms with Gasteiger partial charge in [0.1, 0.15) is 6.04 Å². The number of methoxy groups -OCH3 is 1. The lowest BCUT2D eigenvalue weighted by atomic mass is 9.85. The summed E-state index contributed by atoms with van der Waals surface area (Å²) in [7, 11) is 1.56. The van der Waals surface area contributed by atoms with Gasteiger partial charge < -0.3 is 21.1 Å². The number of carbonyl (C=O) groups is 2. The Morgan fingerprint density at radius 3 is 2.37 bits per heavy atom. The van der Waals surface area contributed by atoms with Gasteiger partial charge in [-0.15, -0.1) is 0 Å². The highest BCUT2D eigenvalue weighted by atomic mass is 16.5. The third-order valence-corrected chi connectivity index (χ3v) is 2.89. The quantitative estimate of drug-likeness (QED) is 0.570. The fourth-order valence-electron chi connectivity index (χ4n) is 1.30. The fraction of sp³-hybridized carbons (Fsp3) is 0.846. The molecule has 0 aromatic carbocycles. The smallest absolute Gasteiger partial charge is 0.242 e. The van der Waals surface area contributed by atoms with E-state index < -0.39 is 6.04 Å². The lowest BCUT2D eigenvalue weighted by Crippen LogP contribution is -2.48. The van der Waals surface area contributed by atoms with Crippen molar-refractivity contribution < 1.29 is 14.3 Å². The summed E-state index contributed by atoms with van der Waals surface area (Å²) in [5, 5.41) is 5.30. The highest BCUT2D eigenvalue weighted by molar-refractivity contribution is 5.87. The summed E-state index contributed by atoms with van der Waals surface area (Å²) in [6, 6.07) is -0.812. The Morgan fingerprint density at radius 2 is 1.89 bits per heavy atom. The van der Waals surface area contributed by atoms with Gasteiger partial charge in [-0.05, 0) is 12.3 Å². The van der Waals surface area contributed by atoms with Crippen LogP contribution in [0, 0.1) is 5.41 Å². The van der Waals surface area contributed by atoms with Gasteiger partial charge in [0.2, 0.25) is 11.8 Å². The number of rotatable bonds is 7. The average molecular weight is 273 g/mol. The van der Waals surface area contributed by atoms with Crippen molar-refractivity contribution >= 4 is 11.8 Å². The molecule has 0 aliphatic carbocycles. The summed E-state index contributed by atoms with van der Waals surface area (Å²) in [5.41, 5.74) is 5.79. The Labute approximate surface area is 115 Å². The first-order valence-corrected chi connectivity index (χ1v) is 6.50. The van der Waals surface area contributed by atoms with Gasteiger partial charge in [0, 0.05) is 26.1 Å². The van der Waals surface area contributed by atoms with Gasteiger partial charge in [0.25, 0.3) is 0 Å². The minimum absolute atomic E-state index is 0.138. The van der Waals surface area contributed by atoms with E-state index in [0.29, 0.717) is 13.2 Å². The predicted octanol–water partition coefficient (Wildman–Crippen LogP) is 0.0172. The van der Waals surface area contributed by atoms with Crippen molar-refractivity contribution in [2.24, 2.45) is 11.1 Å². The van der Waals surface area contributed by atoms with Gasteiger partial charge in [0.05, 0.1) is 6.61 Å². The molecule has 2 amide bonds. The number of nitrogens with one attached hydrogen (secondary N) is 2. The van der Waals surface area contributed by atoms with E-state index in [0.717, 1.165) is 0 Å². The van der Waals surface area contributed by atoms with Crippen LogP contribution in [0.1, 0.15) is 34.1 Å². The number of nitrogens with two attached hydrogens (primary N) is 1. The normalized spacial score (nSPS) is 14.6. The SMILES string of the molecule is COCCNC(=O)C(C)NC(=O)CC(N)C(C)(C)C. The first kappa shape index (κ1) is 17.9. The third-order valence-electron chi connectivity index (χ3n) is 2.89. The highest BCUT2D eigenvalue weighted by Gasteiger charge is 2.24. The van der Waals surface area contributed by atoms with Crippen molar-refractivity contribution in [2.45, 2.75) is 46.2 Å². The van der Waals surface area contributed by atoms with E-state index in [2.05, 4.69) is 10.6 Å². The number of hydrogen-bond acceptors (Lipinski definition) is 4. The zero-order chi connectivity index (χ0) is 15.1. The van der Waals surface area contributed by atoms with E-state index >= 15 is 0 Å². The maximum Gasteiger partial charge on any atom is 0.242 e. The number of carbonyl (C=O) groups excluding carboxylic acids is 2. The summed E-state index contributed by atoms with van der Waals surface area (Å²) in [5.74, 6) is -0.438. The van der Waals surface area contributed by atoms with Crippen LogP contribution in [-0.4, -0.2) is 44.2 Å². The Morgan fingerprint density at radius 1 is 1.32 bits per heavy atom. The molecule has 0 spiro atoms. The van der Waals surface area contributed by atoms with Crippen LogP contribution in [0.3, 0.4) is 0 Å². The van der Waals surface area contributed by atoms with E-state index in [9.17, 15) is 9.59 Å². The summed E-state index contributed by atoms with van der Waals surface area (Å²) < 4.78 is 4.82. The molecule has 2 atom stereocenters. The number of hydrogen-bond donors (Lipinski definition) is 3. The zero-order valence-electron chi connectivity index (χ0n) is 12.6. The summed E-state index contributed by atoms with van der Waals surface area (Å²) in [6.07, 6.45) is 0.208. The largest absolute Gasteiger partial charge is 0.383 e. The summed E-state index contributed by atoms with van der Waals surface area (Å²) in [4.78, 5) is 23.4. The second-order valence-electron chi connectivity index (χ2n) is 5.75. The maximum atomic E-state index is 11.7. The minimum Gasteiger partial charge on any atom is -0.383 e. The van der Waals surface area contributed by atoms with Crippen LogP contribution in [0.25, 0.3) is 0 Å². The van der Waals surface area contributed by atoms with Gasteiger partial charge in [-0.25, -0.2) is 0 Å². The molecule has 0 rings (SSSR count). The van der Waals surface area contributed by atoms with Crippen LogP contribution in [0.4, 0.5) is 0 Å². The molecule has 0 heterocycles. The molecule has 4 N–H and O–H groups in total. The molecule has 6 heteroatoms. The second kappa shape index (κ2) is 8.12. The molecule has 0 fully saturated rings. The molecule has 0 radical (unpaired) electrons. The first-order chi connectivity index (χ1) is 8.68. The zero-order valence-corrected chi connectivity index (χ0v) is 12.6. The predicted molar refractivity (Wildman–Crippen MR) is 74.5 cm³/mol. The van der Waals surface area contributed by atoms with E-state index in [-0.39, 0.29) is 29.7 Å². The Balaban J connectivity index is 4.08. The molecule has 0 saturated heterocycles. The summed E-state index contributed by atoms with van der Waals surface area (Å²) in [6.45, 7) is 8.45. The van der Waals surface area contributed by atoms with Gasteiger partial charge in [-0.2, -0.15) is 0 Å². The molecule has 0 saturated carbocycles. The minimum atomic E-state index is -0.573. The van der Waals surface area contributed by atoms with E-state index in [1.165, 1.54) is 0 Å². The summed E-state index contributed by atoms with van der Waals surface area (Å²) >= 11 is 0. The topological polar surface area (TPSA) is 93.5 Å². The van der Waals surface area contributed by atoms with Crippen molar-refractivity contribution in [3.05, 3.63) is 0 Å². The second-order valence-corrected chi connectivity index (χ2v) is 5.75. The van der Waals surface area contributed by atoms with Crippen LogP contribution in [0.5, 0.6) is 0 Å². The van der Waals surface area contributed by atoms with Crippen molar-refractivity contribution in [2.75, 3.05) is 20.3 Å². The molecular weight excluding hydrogens is 246 g/mol. The molecule has 0 aliphatic heterocycles. The number of amides is 2. The Kier molecular flexibility index (Phi) is 7.63. The standard InChI is InChI=1S/C13H27N3O3/c1-9(12(18)15-6-7-19-5)16-11(17)8-10(14)13(2,3)4/h9-10H,6-8,14H2,1-5H3,(H,15,18)(H,16,17). The van der Waals surface area contributed by atoms with Gasteiger partial charge in [-0.3, -0.25) is 9.59 Å². The maximum absolute atomic E-state index is 11.7. The average Bonchev–Trinajstić information content (AvgIpc) is 2.27. The van der Waals surface area contributed by atoms with Crippen molar-refractivity contribution in [1.82, 2.24) is 10.6 Å². The molecule has 112 valence electrons. The molecule has 2 unspecified atom stereocenters. The molecular formula is C13H27N3O3. The van der Waals surface area contributed by atoms with Gasteiger partial charge in [0.15, 0.2) is 0 Å². The molecule has 0 aliphatic rings. The van der Waals surface area contributed by atoms with Crippen LogP contribution < -0.4 is 16.4 Å².